The van der Waals surface area contributed by atoms with Crippen LogP contribution in [0.25, 0.3) is 0 Å². The Morgan fingerprint density at radius 2 is 1.83 bits per heavy atom. The van der Waals surface area contributed by atoms with Crippen LogP contribution in [0.3, 0.4) is 0 Å². The van der Waals surface area contributed by atoms with Crippen LogP contribution in [-0.4, -0.2) is 5.97 Å². The van der Waals surface area contributed by atoms with Crippen LogP contribution in [0.2, 0.25) is 10.0 Å². The van der Waals surface area contributed by atoms with E-state index in [1.807, 2.05) is 24.3 Å². The Kier molecular flexibility index (Phi) is 6.01. The molecule has 0 saturated carbocycles. The Labute approximate surface area is 151 Å². The van der Waals surface area contributed by atoms with Crippen molar-refractivity contribution in [1.29, 1.82) is 0 Å². The number of hydrogen-bond acceptors (Lipinski definition) is 3. The Morgan fingerprint density at radius 1 is 1.17 bits per heavy atom. The molecule has 2 aromatic carbocycles. The first kappa shape index (κ1) is 18.2. The van der Waals surface area contributed by atoms with Gasteiger partial charge in [-0.1, -0.05) is 53.5 Å². The van der Waals surface area contributed by atoms with Crippen LogP contribution < -0.4 is 0 Å². The number of carbonyl (C=O) groups excluding carboxylic acids is 1. The van der Waals surface area contributed by atoms with Gasteiger partial charge in [0, 0.05) is 28.2 Å². The molecular formula is C18H18Cl2O2S. The maximum atomic E-state index is 11.3. The van der Waals surface area contributed by atoms with Gasteiger partial charge < -0.3 is 4.74 Å². The minimum Gasteiger partial charge on any atom is -0.455 e. The second kappa shape index (κ2) is 7.61. The molecule has 0 aromatic heterocycles. The molecule has 5 heteroatoms. The molecule has 0 aliphatic heterocycles. The minimum atomic E-state index is -0.837. The van der Waals surface area contributed by atoms with E-state index in [1.165, 1.54) is 12.5 Å². The van der Waals surface area contributed by atoms with E-state index in [0.29, 0.717) is 15.6 Å². The van der Waals surface area contributed by atoms with Crippen LogP contribution in [0.4, 0.5) is 0 Å². The Hall–Kier alpha value is -1.16. The highest BCUT2D eigenvalue weighted by molar-refractivity contribution is 7.98. The molecule has 0 unspecified atom stereocenters. The van der Waals surface area contributed by atoms with E-state index in [9.17, 15) is 4.79 Å². The van der Waals surface area contributed by atoms with Gasteiger partial charge in [0.05, 0.1) is 5.02 Å². The minimum absolute atomic E-state index is 0.357. The van der Waals surface area contributed by atoms with E-state index < -0.39 is 5.60 Å². The molecule has 0 spiro atoms. The van der Waals surface area contributed by atoms with Gasteiger partial charge in [0.1, 0.15) is 5.60 Å². The first-order valence-electron chi connectivity index (χ1n) is 7.15. The second-order valence-corrected chi connectivity index (χ2v) is 7.48. The second-order valence-electron chi connectivity index (χ2n) is 5.64. The lowest BCUT2D eigenvalue weighted by Gasteiger charge is -2.27. The summed E-state index contributed by atoms with van der Waals surface area (Å²) in [5, 5.41) is 1.14. The fourth-order valence-corrected chi connectivity index (χ4v) is 4.00. The Balaban J connectivity index is 2.29. The van der Waals surface area contributed by atoms with Crippen molar-refractivity contribution >= 4 is 40.9 Å². The molecule has 0 aliphatic carbocycles. The van der Waals surface area contributed by atoms with Gasteiger partial charge in [0.15, 0.2) is 0 Å². The number of halogens is 2. The summed E-state index contributed by atoms with van der Waals surface area (Å²) in [6.07, 6.45) is 0. The van der Waals surface area contributed by atoms with E-state index in [0.717, 1.165) is 10.6 Å². The third-order valence-electron chi connectivity index (χ3n) is 3.29. The summed E-state index contributed by atoms with van der Waals surface area (Å²) in [7, 11) is 0. The van der Waals surface area contributed by atoms with E-state index in [-0.39, 0.29) is 5.97 Å². The van der Waals surface area contributed by atoms with Crippen molar-refractivity contribution in [3.05, 3.63) is 63.6 Å². The van der Waals surface area contributed by atoms with Crippen LogP contribution >= 0.6 is 35.0 Å². The quantitative estimate of drug-likeness (QED) is 0.472. The SMILES string of the molecule is CC(=O)OC(C)(C)c1cc(Cl)cc(SCc2ccccc2)c1Cl. The highest BCUT2D eigenvalue weighted by Crippen LogP contribution is 2.40. The smallest absolute Gasteiger partial charge is 0.303 e. The first-order valence-corrected chi connectivity index (χ1v) is 8.89. The standard InChI is InChI=1S/C18H18Cl2O2S/c1-12(21)22-18(2,3)15-9-14(19)10-16(17(15)20)23-11-13-7-5-4-6-8-13/h4-10H,11H2,1-3H3. The van der Waals surface area contributed by atoms with E-state index in [1.54, 1.807) is 31.7 Å². The zero-order valence-electron chi connectivity index (χ0n) is 13.2. The number of benzene rings is 2. The predicted molar refractivity (Wildman–Crippen MR) is 97.3 cm³/mol. The lowest BCUT2D eigenvalue weighted by atomic mass is 9.98. The average Bonchev–Trinajstić information content (AvgIpc) is 2.47. The Bertz CT molecular complexity index is 700. The van der Waals surface area contributed by atoms with E-state index in [4.69, 9.17) is 27.9 Å². The number of thioether (sulfide) groups is 1. The number of rotatable bonds is 5. The molecule has 0 aliphatic rings. The maximum Gasteiger partial charge on any atom is 0.303 e. The first-order chi connectivity index (χ1) is 10.8. The summed E-state index contributed by atoms with van der Waals surface area (Å²) in [6, 6.07) is 13.7. The summed E-state index contributed by atoms with van der Waals surface area (Å²) < 4.78 is 5.39. The molecule has 0 N–H and O–H groups in total. The molecular weight excluding hydrogens is 351 g/mol. The van der Waals surface area contributed by atoms with Crippen LogP contribution in [0.15, 0.2) is 47.4 Å². The topological polar surface area (TPSA) is 26.3 Å². The van der Waals surface area contributed by atoms with Crippen LogP contribution in [0.5, 0.6) is 0 Å². The largest absolute Gasteiger partial charge is 0.455 e. The molecule has 0 radical (unpaired) electrons. The molecule has 2 rings (SSSR count). The third-order valence-corrected chi connectivity index (χ3v) is 5.14. The van der Waals surface area contributed by atoms with E-state index >= 15 is 0 Å². The molecule has 0 amide bonds. The summed E-state index contributed by atoms with van der Waals surface area (Å²) >= 11 is 14.4. The summed E-state index contributed by atoms with van der Waals surface area (Å²) in [5.74, 6) is 0.429. The number of esters is 1. The van der Waals surface area contributed by atoms with Crippen molar-refractivity contribution in [3.63, 3.8) is 0 Å². The normalized spacial score (nSPS) is 11.3. The van der Waals surface area contributed by atoms with Crippen molar-refractivity contribution in [2.45, 2.75) is 37.0 Å². The van der Waals surface area contributed by atoms with Gasteiger partial charge in [-0.2, -0.15) is 0 Å². The molecule has 23 heavy (non-hydrogen) atoms. The average molecular weight is 369 g/mol. The fraction of sp³-hybridized carbons (Fsp3) is 0.278. The summed E-state index contributed by atoms with van der Waals surface area (Å²) in [6.45, 7) is 4.99. The highest BCUT2D eigenvalue weighted by Gasteiger charge is 2.28. The molecule has 2 aromatic rings. The van der Waals surface area contributed by atoms with Crippen molar-refractivity contribution in [2.75, 3.05) is 0 Å². The lowest BCUT2D eigenvalue weighted by Crippen LogP contribution is -2.24. The van der Waals surface area contributed by atoms with Gasteiger partial charge in [0.2, 0.25) is 0 Å². The molecule has 0 heterocycles. The van der Waals surface area contributed by atoms with Crippen LogP contribution in [-0.2, 0) is 20.9 Å². The van der Waals surface area contributed by atoms with Crippen LogP contribution in [0, 0.1) is 0 Å². The van der Waals surface area contributed by atoms with Crippen molar-refractivity contribution in [1.82, 2.24) is 0 Å². The lowest BCUT2D eigenvalue weighted by molar-refractivity contribution is -0.154. The van der Waals surface area contributed by atoms with E-state index in [2.05, 4.69) is 12.1 Å². The molecule has 0 fully saturated rings. The van der Waals surface area contributed by atoms with Crippen molar-refractivity contribution in [2.24, 2.45) is 0 Å². The molecule has 0 saturated heterocycles. The third kappa shape index (κ3) is 4.90. The van der Waals surface area contributed by atoms with Crippen molar-refractivity contribution < 1.29 is 9.53 Å². The molecule has 0 bridgehead atoms. The summed E-state index contributed by atoms with van der Waals surface area (Å²) in [4.78, 5) is 12.2. The van der Waals surface area contributed by atoms with Gasteiger partial charge in [0.25, 0.3) is 0 Å². The summed E-state index contributed by atoms with van der Waals surface area (Å²) in [5.41, 5.74) is 1.07. The van der Waals surface area contributed by atoms with Gasteiger partial charge in [-0.15, -0.1) is 11.8 Å². The number of hydrogen-bond donors (Lipinski definition) is 0. The maximum absolute atomic E-state index is 11.3. The highest BCUT2D eigenvalue weighted by atomic mass is 35.5. The van der Waals surface area contributed by atoms with Gasteiger partial charge in [-0.05, 0) is 31.5 Å². The van der Waals surface area contributed by atoms with Gasteiger partial charge in [-0.3, -0.25) is 4.79 Å². The molecule has 122 valence electrons. The molecule has 0 atom stereocenters. The van der Waals surface area contributed by atoms with Crippen molar-refractivity contribution in [3.8, 4) is 0 Å². The zero-order chi connectivity index (χ0) is 17.0. The zero-order valence-corrected chi connectivity index (χ0v) is 15.6. The predicted octanol–water partition coefficient (Wildman–Crippen LogP) is 6.08. The fourth-order valence-electron chi connectivity index (χ4n) is 2.26. The monoisotopic (exact) mass is 368 g/mol. The molecule has 2 nitrogen and oxygen atoms in total. The van der Waals surface area contributed by atoms with Gasteiger partial charge >= 0.3 is 5.97 Å². The number of carbonyl (C=O) groups is 1. The number of ether oxygens (including phenoxy) is 1. The van der Waals surface area contributed by atoms with Gasteiger partial charge in [-0.25, -0.2) is 0 Å². The van der Waals surface area contributed by atoms with Crippen LogP contribution in [0.1, 0.15) is 31.9 Å². The Morgan fingerprint density at radius 3 is 2.43 bits per heavy atom.